The Morgan fingerprint density at radius 1 is 1.58 bits per heavy atom. The van der Waals surface area contributed by atoms with E-state index in [0.29, 0.717) is 18.3 Å². The molecule has 0 amide bonds. The third kappa shape index (κ3) is 3.57. The van der Waals surface area contributed by atoms with Gasteiger partial charge in [0, 0.05) is 12.5 Å². The summed E-state index contributed by atoms with van der Waals surface area (Å²) in [5.41, 5.74) is 5.42. The first-order chi connectivity index (χ1) is 5.65. The molecule has 0 spiro atoms. The van der Waals surface area contributed by atoms with Crippen LogP contribution in [0.25, 0.3) is 0 Å². The van der Waals surface area contributed by atoms with Gasteiger partial charge in [0.2, 0.25) is 0 Å². The van der Waals surface area contributed by atoms with Crippen molar-refractivity contribution in [2.45, 2.75) is 32.7 Å². The van der Waals surface area contributed by atoms with Gasteiger partial charge in [0.25, 0.3) is 0 Å². The molecule has 0 aliphatic carbocycles. The van der Waals surface area contributed by atoms with Crippen molar-refractivity contribution >= 4 is 5.84 Å². The lowest BCUT2D eigenvalue weighted by atomic mass is 10.1. The summed E-state index contributed by atoms with van der Waals surface area (Å²) in [7, 11) is 2.04. The molecule has 0 aliphatic rings. The number of oxime groups is 1. The molecular weight excluding hydrogens is 154 g/mol. The molecule has 12 heavy (non-hydrogen) atoms. The highest BCUT2D eigenvalue weighted by molar-refractivity contribution is 5.80. The minimum absolute atomic E-state index is 0.308. The normalized spacial score (nSPS) is 15.2. The molecule has 0 rings (SSSR count). The summed E-state index contributed by atoms with van der Waals surface area (Å²) in [4.78, 5) is 2.19. The summed E-state index contributed by atoms with van der Waals surface area (Å²) in [6.45, 7) is 5.17. The lowest BCUT2D eigenvalue weighted by Gasteiger charge is -2.24. The average molecular weight is 173 g/mol. The van der Waals surface area contributed by atoms with Gasteiger partial charge in [0.15, 0.2) is 0 Å². The molecule has 1 unspecified atom stereocenters. The van der Waals surface area contributed by atoms with Crippen molar-refractivity contribution in [1.82, 2.24) is 4.90 Å². The maximum absolute atomic E-state index is 8.38. The van der Waals surface area contributed by atoms with Crippen LogP contribution in [0, 0.1) is 0 Å². The molecule has 4 heteroatoms. The Morgan fingerprint density at radius 3 is 2.50 bits per heavy atom. The Hall–Kier alpha value is -0.770. The summed E-state index contributed by atoms with van der Waals surface area (Å²) < 4.78 is 0. The molecule has 4 nitrogen and oxygen atoms in total. The zero-order valence-electron chi connectivity index (χ0n) is 8.12. The third-order valence-electron chi connectivity index (χ3n) is 2.17. The van der Waals surface area contributed by atoms with Crippen LogP contribution in [0.3, 0.4) is 0 Å². The molecule has 72 valence electrons. The summed E-state index contributed by atoms with van der Waals surface area (Å²) in [6.07, 6.45) is 1.65. The number of rotatable bonds is 5. The van der Waals surface area contributed by atoms with E-state index in [0.717, 1.165) is 13.0 Å². The molecule has 0 aromatic carbocycles. The first-order valence-corrected chi connectivity index (χ1v) is 4.32. The molecule has 3 N–H and O–H groups in total. The van der Waals surface area contributed by atoms with E-state index in [1.54, 1.807) is 0 Å². The first-order valence-electron chi connectivity index (χ1n) is 4.32. The fourth-order valence-corrected chi connectivity index (χ4v) is 1.15. The molecule has 0 aliphatic heterocycles. The Labute approximate surface area is 74.0 Å². The highest BCUT2D eigenvalue weighted by Gasteiger charge is 2.12. The predicted octanol–water partition coefficient (Wildman–Crippen LogP) is 0.853. The van der Waals surface area contributed by atoms with Crippen LogP contribution in [0.5, 0.6) is 0 Å². The third-order valence-corrected chi connectivity index (χ3v) is 2.17. The molecule has 1 atom stereocenters. The van der Waals surface area contributed by atoms with E-state index in [1.165, 1.54) is 0 Å². The summed E-state index contributed by atoms with van der Waals surface area (Å²) in [5.74, 6) is 0.308. The van der Waals surface area contributed by atoms with Crippen LogP contribution in [0.4, 0.5) is 0 Å². The number of amidine groups is 1. The van der Waals surface area contributed by atoms with E-state index >= 15 is 0 Å². The molecule has 0 aromatic rings. The van der Waals surface area contributed by atoms with Gasteiger partial charge in [-0.05, 0) is 20.0 Å². The van der Waals surface area contributed by atoms with Gasteiger partial charge in [0.05, 0.1) is 0 Å². The number of nitrogens with zero attached hydrogens (tertiary/aromatic N) is 2. The average Bonchev–Trinajstić information content (AvgIpc) is 2.12. The van der Waals surface area contributed by atoms with Crippen molar-refractivity contribution in [3.63, 3.8) is 0 Å². The van der Waals surface area contributed by atoms with Crippen molar-refractivity contribution in [1.29, 1.82) is 0 Å². The largest absolute Gasteiger partial charge is 0.409 e. The number of hydrogen-bond acceptors (Lipinski definition) is 3. The highest BCUT2D eigenvalue weighted by atomic mass is 16.4. The van der Waals surface area contributed by atoms with Crippen LogP contribution in [-0.2, 0) is 0 Å². The zero-order valence-corrected chi connectivity index (χ0v) is 8.12. The minimum Gasteiger partial charge on any atom is -0.409 e. The minimum atomic E-state index is 0.308. The topological polar surface area (TPSA) is 61.9 Å². The van der Waals surface area contributed by atoms with Crippen LogP contribution in [0.1, 0.15) is 26.7 Å². The van der Waals surface area contributed by atoms with Crippen LogP contribution < -0.4 is 5.73 Å². The second kappa shape index (κ2) is 5.83. The van der Waals surface area contributed by atoms with Gasteiger partial charge in [-0.15, -0.1) is 0 Å². The zero-order chi connectivity index (χ0) is 9.56. The Kier molecular flexibility index (Phi) is 5.45. The molecule has 0 bridgehead atoms. The Morgan fingerprint density at radius 2 is 2.17 bits per heavy atom. The van der Waals surface area contributed by atoms with Crippen molar-refractivity contribution in [2.75, 3.05) is 13.6 Å². The van der Waals surface area contributed by atoms with Crippen LogP contribution in [0.2, 0.25) is 0 Å². The lowest BCUT2D eigenvalue weighted by molar-refractivity contribution is 0.249. The van der Waals surface area contributed by atoms with Crippen LogP contribution in [-0.4, -0.2) is 35.6 Å². The van der Waals surface area contributed by atoms with Gasteiger partial charge >= 0.3 is 0 Å². The van der Waals surface area contributed by atoms with Gasteiger partial charge < -0.3 is 15.8 Å². The second-order valence-corrected chi connectivity index (χ2v) is 2.93. The first kappa shape index (κ1) is 11.2. The molecule has 0 radical (unpaired) electrons. The molecule has 0 fully saturated rings. The molecule has 0 heterocycles. The van der Waals surface area contributed by atoms with Crippen LogP contribution in [0.15, 0.2) is 5.16 Å². The van der Waals surface area contributed by atoms with Gasteiger partial charge in [-0.3, -0.25) is 0 Å². The van der Waals surface area contributed by atoms with E-state index in [-0.39, 0.29) is 0 Å². The fourth-order valence-electron chi connectivity index (χ4n) is 1.15. The van der Waals surface area contributed by atoms with Crippen molar-refractivity contribution in [3.05, 3.63) is 0 Å². The lowest BCUT2D eigenvalue weighted by Crippen LogP contribution is -2.34. The highest BCUT2D eigenvalue weighted by Crippen LogP contribution is 2.05. The van der Waals surface area contributed by atoms with E-state index in [2.05, 4.69) is 23.9 Å². The van der Waals surface area contributed by atoms with E-state index in [9.17, 15) is 0 Å². The van der Waals surface area contributed by atoms with E-state index in [4.69, 9.17) is 10.9 Å². The van der Waals surface area contributed by atoms with Crippen molar-refractivity contribution in [2.24, 2.45) is 10.9 Å². The molecule has 0 saturated carbocycles. The maximum Gasteiger partial charge on any atom is 0.140 e. The quantitative estimate of drug-likeness (QED) is 0.280. The molecule has 0 aromatic heterocycles. The smallest absolute Gasteiger partial charge is 0.140 e. The van der Waals surface area contributed by atoms with Crippen molar-refractivity contribution in [3.8, 4) is 0 Å². The monoisotopic (exact) mass is 173 g/mol. The van der Waals surface area contributed by atoms with Crippen LogP contribution >= 0.6 is 0 Å². The molecule has 0 saturated heterocycles. The summed E-state index contributed by atoms with van der Waals surface area (Å²) in [5, 5.41) is 11.3. The predicted molar refractivity (Wildman–Crippen MR) is 50.4 cm³/mol. The number of nitrogens with two attached hydrogens (primary N) is 1. The fraction of sp³-hybridized carbons (Fsp3) is 0.875. The van der Waals surface area contributed by atoms with Crippen molar-refractivity contribution < 1.29 is 5.21 Å². The van der Waals surface area contributed by atoms with Gasteiger partial charge in [-0.2, -0.15) is 0 Å². The van der Waals surface area contributed by atoms with E-state index in [1.807, 2.05) is 7.05 Å². The second-order valence-electron chi connectivity index (χ2n) is 2.93. The Balaban J connectivity index is 3.99. The summed E-state index contributed by atoms with van der Waals surface area (Å²) in [6, 6.07) is 0.380. The SMILES string of the molecule is CCC(C/C(N)=N/O)N(C)CC. The van der Waals surface area contributed by atoms with Gasteiger partial charge in [0.1, 0.15) is 5.84 Å². The molecular formula is C8H19N3O. The number of hydrogen-bond donors (Lipinski definition) is 2. The van der Waals surface area contributed by atoms with E-state index < -0.39 is 0 Å². The summed E-state index contributed by atoms with van der Waals surface area (Å²) >= 11 is 0. The Bertz CT molecular complexity index is 147. The van der Waals surface area contributed by atoms with Gasteiger partial charge in [-0.25, -0.2) is 0 Å². The maximum atomic E-state index is 8.38. The van der Waals surface area contributed by atoms with Gasteiger partial charge in [-0.1, -0.05) is 19.0 Å². The standard InChI is InChI=1S/C8H19N3O/c1-4-7(11(3)5-2)6-8(9)10-12/h7,12H,4-6H2,1-3H3,(H2,9,10).